The number of hydrogen-bond acceptors (Lipinski definition) is 6. The number of nitrogens with zero attached hydrogens (tertiary/aromatic N) is 1. The van der Waals surface area contributed by atoms with Crippen LogP contribution in [-0.2, 0) is 17.7 Å². The molecule has 2 N–H and O–H groups in total. The number of carbonyl (C=O) groups is 1. The predicted molar refractivity (Wildman–Crippen MR) is 142 cm³/mol. The van der Waals surface area contributed by atoms with Crippen molar-refractivity contribution in [2.75, 3.05) is 19.5 Å². The Bertz CT molecular complexity index is 1380. The van der Waals surface area contributed by atoms with E-state index in [0.717, 1.165) is 11.8 Å². The van der Waals surface area contributed by atoms with Crippen molar-refractivity contribution in [3.63, 3.8) is 0 Å². The zero-order valence-corrected chi connectivity index (χ0v) is 22.1. The number of carbonyl (C=O) groups excluding carboxylic acids is 1. The zero-order chi connectivity index (χ0) is 27.1. The molecule has 0 aliphatic carbocycles. The highest BCUT2D eigenvalue weighted by atomic mass is 35.5. The van der Waals surface area contributed by atoms with E-state index in [2.05, 4.69) is 15.3 Å². The van der Waals surface area contributed by atoms with Crippen LogP contribution in [0.2, 0.25) is 10.0 Å². The molecule has 0 aliphatic rings. The number of esters is 1. The third-order valence-corrected chi connectivity index (χ3v) is 6.48. The van der Waals surface area contributed by atoms with Gasteiger partial charge in [-0.15, -0.1) is 0 Å². The third kappa shape index (κ3) is 6.70. The van der Waals surface area contributed by atoms with Crippen molar-refractivity contribution in [2.24, 2.45) is 0 Å². The molecule has 38 heavy (non-hydrogen) atoms. The lowest BCUT2D eigenvalue weighted by atomic mass is 10.0. The molecule has 0 unspecified atom stereocenters. The molecule has 2 heterocycles. The van der Waals surface area contributed by atoms with Crippen LogP contribution in [0.25, 0.3) is 0 Å². The summed E-state index contributed by atoms with van der Waals surface area (Å²) in [5.74, 6) is 0.673. The van der Waals surface area contributed by atoms with E-state index in [1.54, 1.807) is 68.0 Å². The molecular weight excluding hydrogens is 532 g/mol. The lowest BCUT2D eigenvalue weighted by Crippen LogP contribution is -2.16. The Morgan fingerprint density at radius 1 is 1.00 bits per heavy atom. The van der Waals surface area contributed by atoms with Crippen LogP contribution < -0.4 is 19.8 Å². The molecule has 2 aromatic heterocycles. The Balaban J connectivity index is 1.53. The molecule has 0 saturated carbocycles. The molecular formula is C28H25Cl2FN3O4+. The normalized spacial score (nSPS) is 11.5. The van der Waals surface area contributed by atoms with Crippen LogP contribution in [0, 0.1) is 5.82 Å². The quantitative estimate of drug-likeness (QED) is 0.237. The number of benzene rings is 2. The molecule has 7 nitrogen and oxygen atoms in total. The van der Waals surface area contributed by atoms with Gasteiger partial charge in [0.2, 0.25) is 0 Å². The van der Waals surface area contributed by atoms with Gasteiger partial charge >= 0.3 is 5.97 Å². The van der Waals surface area contributed by atoms with E-state index in [-0.39, 0.29) is 6.42 Å². The van der Waals surface area contributed by atoms with Crippen LogP contribution in [0.4, 0.5) is 10.2 Å². The van der Waals surface area contributed by atoms with Crippen molar-refractivity contribution < 1.29 is 28.4 Å². The standard InChI is InChI=1S/C28H24Cl2FN3O4/c1-36-24-9-7-19(11-26(24)37-2)25(12-21-22(29)15-32-16-23(21)30)38-28(35)18-5-3-17(4-6-18)13-33-27-10-8-20(31)14-34-27/h3-11,14-16,25H,12-13H2,1-2H3,(H,33,34)/p+1/t25-/m0/s1. The SMILES string of the molecule is COc1ccc([C@H](Cc2c(Cl)c[nH+]cc2Cl)OC(=O)c2ccc(CNc3ccc(F)cn3)cc2)cc1OC. The van der Waals surface area contributed by atoms with Gasteiger partial charge < -0.3 is 19.5 Å². The van der Waals surface area contributed by atoms with E-state index in [9.17, 15) is 9.18 Å². The maximum Gasteiger partial charge on any atom is 0.338 e. The Hall–Kier alpha value is -3.88. The van der Waals surface area contributed by atoms with Crippen molar-refractivity contribution in [3.8, 4) is 11.5 Å². The largest absolute Gasteiger partial charge is 0.493 e. The molecule has 1 atom stereocenters. The van der Waals surface area contributed by atoms with Gasteiger partial charge in [-0.25, -0.2) is 19.2 Å². The Kier molecular flexibility index (Phi) is 8.99. The molecule has 2 aromatic carbocycles. The van der Waals surface area contributed by atoms with Gasteiger partial charge in [-0.3, -0.25) is 0 Å². The van der Waals surface area contributed by atoms with Crippen LogP contribution in [0.1, 0.15) is 33.2 Å². The van der Waals surface area contributed by atoms with Crippen molar-refractivity contribution in [2.45, 2.75) is 19.1 Å². The Morgan fingerprint density at radius 3 is 2.34 bits per heavy atom. The summed E-state index contributed by atoms with van der Waals surface area (Å²) >= 11 is 12.8. The summed E-state index contributed by atoms with van der Waals surface area (Å²) in [4.78, 5) is 20.0. The molecule has 196 valence electrons. The minimum atomic E-state index is -0.717. The first-order valence-electron chi connectivity index (χ1n) is 11.6. The molecule has 4 aromatic rings. The Labute approximate surface area is 229 Å². The summed E-state index contributed by atoms with van der Waals surface area (Å²) in [5, 5.41) is 3.95. The van der Waals surface area contributed by atoms with Crippen molar-refractivity contribution in [1.29, 1.82) is 0 Å². The minimum Gasteiger partial charge on any atom is -0.493 e. The van der Waals surface area contributed by atoms with Crippen molar-refractivity contribution in [1.82, 2.24) is 4.98 Å². The lowest BCUT2D eigenvalue weighted by molar-refractivity contribution is -0.377. The molecule has 0 saturated heterocycles. The van der Waals surface area contributed by atoms with E-state index in [4.69, 9.17) is 37.4 Å². The number of pyridine rings is 2. The number of hydrogen-bond donors (Lipinski definition) is 1. The van der Waals surface area contributed by atoms with Crippen LogP contribution >= 0.6 is 23.2 Å². The number of anilines is 1. The number of aromatic amines is 1. The number of methoxy groups -OCH3 is 2. The molecule has 0 aliphatic heterocycles. The minimum absolute atomic E-state index is 0.236. The monoisotopic (exact) mass is 556 g/mol. The highest BCUT2D eigenvalue weighted by Gasteiger charge is 2.24. The summed E-state index contributed by atoms with van der Waals surface area (Å²) in [6.07, 6.45) is 3.89. The summed E-state index contributed by atoms with van der Waals surface area (Å²) in [5.41, 5.74) is 2.60. The number of halogens is 3. The van der Waals surface area contributed by atoms with Crippen LogP contribution in [0.5, 0.6) is 11.5 Å². The summed E-state index contributed by atoms with van der Waals surface area (Å²) < 4.78 is 29.8. The average molecular weight is 557 g/mol. The number of rotatable bonds is 10. The highest BCUT2D eigenvalue weighted by Crippen LogP contribution is 2.35. The van der Waals surface area contributed by atoms with Gasteiger partial charge in [-0.1, -0.05) is 41.4 Å². The molecule has 0 bridgehead atoms. The third-order valence-electron chi connectivity index (χ3n) is 5.81. The van der Waals surface area contributed by atoms with Gasteiger partial charge in [0.1, 0.15) is 27.8 Å². The van der Waals surface area contributed by atoms with Crippen LogP contribution in [-0.4, -0.2) is 25.2 Å². The Morgan fingerprint density at radius 2 is 1.71 bits per heavy atom. The first-order chi connectivity index (χ1) is 18.4. The fourth-order valence-corrected chi connectivity index (χ4v) is 4.30. The molecule has 0 spiro atoms. The van der Waals surface area contributed by atoms with Gasteiger partial charge in [0.05, 0.1) is 26.0 Å². The molecule has 0 fully saturated rings. The fraction of sp³-hybridized carbons (Fsp3) is 0.179. The second-order valence-corrected chi connectivity index (χ2v) is 9.07. The average Bonchev–Trinajstić information content (AvgIpc) is 2.94. The maximum absolute atomic E-state index is 13.2. The molecule has 4 rings (SSSR count). The van der Waals surface area contributed by atoms with Gasteiger partial charge in [-0.05, 0) is 47.5 Å². The number of nitrogens with one attached hydrogen (secondary N) is 2. The van der Waals surface area contributed by atoms with Crippen LogP contribution in [0.3, 0.4) is 0 Å². The lowest BCUT2D eigenvalue weighted by Gasteiger charge is -2.20. The van der Waals surface area contributed by atoms with Gasteiger partial charge in [0.15, 0.2) is 23.9 Å². The van der Waals surface area contributed by atoms with Crippen molar-refractivity contribution in [3.05, 3.63) is 111 Å². The first-order valence-corrected chi connectivity index (χ1v) is 12.3. The molecule has 0 amide bonds. The van der Waals surface area contributed by atoms with E-state index >= 15 is 0 Å². The van der Waals surface area contributed by atoms with E-state index < -0.39 is 17.9 Å². The summed E-state index contributed by atoms with van der Waals surface area (Å²) in [6, 6.07) is 15.2. The van der Waals surface area contributed by atoms with Crippen LogP contribution in [0.15, 0.2) is 73.2 Å². The second kappa shape index (κ2) is 12.6. The topological polar surface area (TPSA) is 83.8 Å². The number of H-pyrrole nitrogens is 1. The summed E-state index contributed by atoms with van der Waals surface area (Å²) in [7, 11) is 3.08. The number of ether oxygens (including phenoxy) is 3. The molecule has 0 radical (unpaired) electrons. The maximum atomic E-state index is 13.2. The van der Waals surface area contributed by atoms with Gasteiger partial charge in [-0.2, -0.15) is 0 Å². The highest BCUT2D eigenvalue weighted by molar-refractivity contribution is 6.35. The van der Waals surface area contributed by atoms with Gasteiger partial charge in [0, 0.05) is 18.5 Å². The fourth-order valence-electron chi connectivity index (χ4n) is 3.77. The van der Waals surface area contributed by atoms with E-state index in [1.165, 1.54) is 13.2 Å². The van der Waals surface area contributed by atoms with Crippen molar-refractivity contribution >= 4 is 35.0 Å². The molecule has 10 heteroatoms. The first kappa shape index (κ1) is 27.2. The zero-order valence-electron chi connectivity index (χ0n) is 20.6. The second-order valence-electron chi connectivity index (χ2n) is 8.25. The number of aromatic nitrogens is 2. The summed E-state index contributed by atoms with van der Waals surface area (Å²) in [6.45, 7) is 0.449. The predicted octanol–water partition coefficient (Wildman–Crippen LogP) is 6.11. The van der Waals surface area contributed by atoms with E-state index in [1.807, 2.05) is 0 Å². The smallest absolute Gasteiger partial charge is 0.338 e. The van der Waals surface area contributed by atoms with Gasteiger partial charge in [0.25, 0.3) is 0 Å². The van der Waals surface area contributed by atoms with E-state index in [0.29, 0.717) is 50.6 Å².